The fraction of sp³-hybridized carbons (Fsp3) is 0.583. The highest BCUT2D eigenvalue weighted by Crippen LogP contribution is 2.24. The largest absolute Gasteiger partial charge is 0.458 e. The van der Waals surface area contributed by atoms with E-state index in [1.165, 1.54) is 6.08 Å². The first-order valence-electron chi connectivity index (χ1n) is 5.33. The lowest BCUT2D eigenvalue weighted by molar-refractivity contribution is -0.138. The van der Waals surface area contributed by atoms with Crippen LogP contribution in [0, 0.1) is 5.41 Å². The van der Waals surface area contributed by atoms with Gasteiger partial charge in [0.15, 0.2) is 0 Å². The quantitative estimate of drug-likeness (QED) is 0.302. The van der Waals surface area contributed by atoms with E-state index in [0.29, 0.717) is 0 Å². The van der Waals surface area contributed by atoms with Crippen molar-refractivity contribution in [2.45, 2.75) is 12.8 Å². The van der Waals surface area contributed by atoms with Gasteiger partial charge in [0.25, 0.3) is 0 Å². The Hall–Kier alpha value is -1.17. The smallest absolute Gasteiger partial charge is 0.333 e. The zero-order valence-corrected chi connectivity index (χ0v) is 9.89. The van der Waals surface area contributed by atoms with Crippen LogP contribution >= 0.6 is 0 Å². The van der Waals surface area contributed by atoms with E-state index >= 15 is 0 Å². The van der Waals surface area contributed by atoms with Crippen molar-refractivity contribution in [3.63, 3.8) is 0 Å². The molecule has 0 bridgehead atoms. The molecule has 0 aromatic heterocycles. The number of carbonyl (C=O) groups is 1. The summed E-state index contributed by atoms with van der Waals surface area (Å²) in [5, 5.41) is 27.3. The summed E-state index contributed by atoms with van der Waals surface area (Å²) in [5.74, 6) is -0.535. The minimum absolute atomic E-state index is 0.114. The summed E-state index contributed by atoms with van der Waals surface area (Å²) in [6.07, 6.45) is 1.96. The van der Waals surface area contributed by atoms with Gasteiger partial charge in [-0.2, -0.15) is 0 Å². The second-order valence-corrected chi connectivity index (χ2v) is 3.97. The molecular formula is C12H20O5. The number of hydrogen-bond donors (Lipinski definition) is 3. The van der Waals surface area contributed by atoms with Crippen molar-refractivity contribution >= 4 is 5.97 Å². The van der Waals surface area contributed by atoms with E-state index < -0.39 is 11.4 Å². The van der Waals surface area contributed by atoms with Crippen LogP contribution in [0.1, 0.15) is 12.8 Å². The Kier molecular flexibility index (Phi) is 7.45. The average molecular weight is 244 g/mol. The number of hydrogen-bond acceptors (Lipinski definition) is 5. The minimum Gasteiger partial charge on any atom is -0.458 e. The lowest BCUT2D eigenvalue weighted by Crippen LogP contribution is -2.34. The highest BCUT2D eigenvalue weighted by atomic mass is 16.5. The minimum atomic E-state index is -0.984. The normalized spacial score (nSPS) is 11.0. The third kappa shape index (κ3) is 5.12. The molecule has 0 heterocycles. The van der Waals surface area contributed by atoms with Crippen molar-refractivity contribution < 1.29 is 24.9 Å². The summed E-state index contributed by atoms with van der Waals surface area (Å²) in [4.78, 5) is 11.3. The molecule has 98 valence electrons. The van der Waals surface area contributed by atoms with Crippen molar-refractivity contribution in [1.29, 1.82) is 0 Å². The molecule has 0 aliphatic carbocycles. The predicted molar refractivity (Wildman–Crippen MR) is 63.2 cm³/mol. The molecule has 0 radical (unpaired) electrons. The van der Waals surface area contributed by atoms with Crippen molar-refractivity contribution in [1.82, 2.24) is 0 Å². The van der Waals surface area contributed by atoms with E-state index in [2.05, 4.69) is 13.2 Å². The first-order chi connectivity index (χ1) is 8.05. The number of rotatable bonds is 9. The van der Waals surface area contributed by atoms with Crippen LogP contribution in [0.2, 0.25) is 0 Å². The van der Waals surface area contributed by atoms with E-state index in [1.54, 1.807) is 0 Å². The molecule has 5 nitrogen and oxygen atoms in total. The molecule has 0 aromatic rings. The third-order valence-electron chi connectivity index (χ3n) is 2.58. The second kappa shape index (κ2) is 8.00. The summed E-state index contributed by atoms with van der Waals surface area (Å²) in [5.41, 5.74) is -0.742. The van der Waals surface area contributed by atoms with Crippen molar-refractivity contribution in [2.75, 3.05) is 26.4 Å². The van der Waals surface area contributed by atoms with E-state index in [9.17, 15) is 4.79 Å². The molecule has 0 amide bonds. The number of esters is 1. The fourth-order valence-electron chi connectivity index (χ4n) is 1.14. The summed E-state index contributed by atoms with van der Waals surface area (Å²) >= 11 is 0. The monoisotopic (exact) mass is 244 g/mol. The van der Waals surface area contributed by atoms with Gasteiger partial charge >= 0.3 is 5.97 Å². The highest BCUT2D eigenvalue weighted by molar-refractivity contribution is 5.87. The molecule has 0 aliphatic heterocycles. The summed E-state index contributed by atoms with van der Waals surface area (Å²) < 4.78 is 4.78. The molecule has 0 spiro atoms. The van der Waals surface area contributed by atoms with Crippen molar-refractivity contribution in [2.24, 2.45) is 5.41 Å². The van der Waals surface area contributed by atoms with Crippen LogP contribution in [0.4, 0.5) is 0 Å². The van der Waals surface area contributed by atoms with Crippen LogP contribution in [-0.2, 0) is 9.53 Å². The maximum atomic E-state index is 11.3. The van der Waals surface area contributed by atoms with Crippen LogP contribution in [0.5, 0.6) is 0 Å². The molecule has 0 saturated carbocycles. The van der Waals surface area contributed by atoms with Crippen LogP contribution in [-0.4, -0.2) is 47.7 Å². The molecular weight excluding hydrogens is 224 g/mol. The third-order valence-corrected chi connectivity index (χ3v) is 2.58. The van der Waals surface area contributed by atoms with E-state index in [0.717, 1.165) is 0 Å². The fourth-order valence-corrected chi connectivity index (χ4v) is 1.14. The second-order valence-electron chi connectivity index (χ2n) is 3.97. The summed E-state index contributed by atoms with van der Waals surface area (Å²) in [6.45, 7) is 6.03. The van der Waals surface area contributed by atoms with Crippen LogP contribution in [0.25, 0.3) is 0 Å². The van der Waals surface area contributed by atoms with Gasteiger partial charge in [-0.25, -0.2) is 4.79 Å². The maximum absolute atomic E-state index is 11.3. The molecule has 0 atom stereocenters. The van der Waals surface area contributed by atoms with Crippen LogP contribution in [0.3, 0.4) is 0 Å². The summed E-state index contributed by atoms with van der Waals surface area (Å²) in [7, 11) is 0. The van der Waals surface area contributed by atoms with Crippen molar-refractivity contribution in [3.05, 3.63) is 24.8 Å². The van der Waals surface area contributed by atoms with Gasteiger partial charge in [0.1, 0.15) is 6.61 Å². The van der Waals surface area contributed by atoms with Gasteiger partial charge in [-0.15, -0.1) is 0 Å². The lowest BCUT2D eigenvalue weighted by Gasteiger charge is -2.27. The van der Waals surface area contributed by atoms with Gasteiger partial charge in [-0.3, -0.25) is 0 Å². The van der Waals surface area contributed by atoms with Gasteiger partial charge in [0, 0.05) is 11.0 Å². The molecule has 0 saturated heterocycles. The van der Waals surface area contributed by atoms with Gasteiger partial charge in [-0.1, -0.05) is 19.2 Å². The Morgan fingerprint density at radius 2 is 1.76 bits per heavy atom. The molecule has 0 aromatic carbocycles. The number of carbonyl (C=O) groups excluding carboxylic acids is 1. The van der Waals surface area contributed by atoms with E-state index in [4.69, 9.17) is 20.1 Å². The topological polar surface area (TPSA) is 87.0 Å². The first-order valence-corrected chi connectivity index (χ1v) is 5.33. The molecule has 0 unspecified atom stereocenters. The maximum Gasteiger partial charge on any atom is 0.333 e. The van der Waals surface area contributed by atoms with E-state index in [-0.39, 0.29) is 44.8 Å². The zero-order chi connectivity index (χ0) is 13.3. The van der Waals surface area contributed by atoms with Gasteiger partial charge in [0.05, 0.1) is 19.8 Å². The Balaban J connectivity index is 4.21. The summed E-state index contributed by atoms with van der Waals surface area (Å²) in [6, 6.07) is 0. The SMILES string of the molecule is C=CCOC(=O)C(=C)CCC(CO)(CO)CO. The number of ether oxygens (including phenoxy) is 1. The Morgan fingerprint density at radius 1 is 1.24 bits per heavy atom. The first kappa shape index (κ1) is 15.8. The van der Waals surface area contributed by atoms with Gasteiger partial charge in [0.2, 0.25) is 0 Å². The Labute approximate surface area is 101 Å². The number of aliphatic hydroxyl groups is 3. The average Bonchev–Trinajstić information content (AvgIpc) is 2.37. The lowest BCUT2D eigenvalue weighted by atomic mass is 9.84. The standard InChI is InChI=1S/C12H20O5/c1-3-6-17-11(16)10(2)4-5-12(7-13,8-14)9-15/h3,13-15H,1-2,4-9H2. The Morgan fingerprint density at radius 3 is 2.18 bits per heavy atom. The molecule has 0 aliphatic rings. The highest BCUT2D eigenvalue weighted by Gasteiger charge is 2.28. The molecule has 5 heteroatoms. The van der Waals surface area contributed by atoms with E-state index in [1.807, 2.05) is 0 Å². The molecule has 17 heavy (non-hydrogen) atoms. The molecule has 3 N–H and O–H groups in total. The van der Waals surface area contributed by atoms with Gasteiger partial charge < -0.3 is 20.1 Å². The Bertz CT molecular complexity index is 260. The molecule has 0 fully saturated rings. The molecule has 0 rings (SSSR count). The zero-order valence-electron chi connectivity index (χ0n) is 9.89. The van der Waals surface area contributed by atoms with Crippen molar-refractivity contribution in [3.8, 4) is 0 Å². The predicted octanol–water partition coefficient (Wildman–Crippen LogP) is 0.0153. The van der Waals surface area contributed by atoms with Crippen LogP contribution < -0.4 is 0 Å². The number of aliphatic hydroxyl groups excluding tert-OH is 3. The van der Waals surface area contributed by atoms with Gasteiger partial charge in [-0.05, 0) is 12.8 Å². The van der Waals surface area contributed by atoms with Crippen LogP contribution in [0.15, 0.2) is 24.8 Å².